The third-order valence-electron chi connectivity index (χ3n) is 2.65. The maximum absolute atomic E-state index is 13.0. The molecule has 4 heteroatoms. The number of hydrogen-bond acceptors (Lipinski definition) is 2. The molecule has 0 fully saturated rings. The van der Waals surface area contributed by atoms with E-state index in [1.807, 2.05) is 13.8 Å². The summed E-state index contributed by atoms with van der Waals surface area (Å²) in [4.78, 5) is 0. The van der Waals surface area contributed by atoms with Crippen molar-refractivity contribution in [3.05, 3.63) is 28.5 Å². The van der Waals surface area contributed by atoms with Crippen LogP contribution in [0.2, 0.25) is 0 Å². The van der Waals surface area contributed by atoms with E-state index in [1.165, 1.54) is 12.1 Å². The highest BCUT2D eigenvalue weighted by atomic mass is 79.9. The minimum Gasteiger partial charge on any atom is -0.492 e. The second kappa shape index (κ2) is 6.75. The lowest BCUT2D eigenvalue weighted by molar-refractivity contribution is 0.292. The average Bonchev–Trinajstić information content (AvgIpc) is 2.33. The normalized spacial score (nSPS) is 11.1. The van der Waals surface area contributed by atoms with Crippen LogP contribution in [-0.4, -0.2) is 6.61 Å². The van der Waals surface area contributed by atoms with E-state index >= 15 is 0 Å². The summed E-state index contributed by atoms with van der Waals surface area (Å²) >= 11 is 3.31. The van der Waals surface area contributed by atoms with Gasteiger partial charge >= 0.3 is 0 Å². The maximum atomic E-state index is 13.0. The summed E-state index contributed by atoms with van der Waals surface area (Å²) < 4.78 is 19.2. The lowest BCUT2D eigenvalue weighted by atomic mass is 9.89. The highest BCUT2D eigenvalue weighted by molar-refractivity contribution is 9.10. The van der Waals surface area contributed by atoms with Gasteiger partial charge < -0.3 is 4.74 Å². The first-order valence-electron chi connectivity index (χ1n) is 5.94. The lowest BCUT2D eigenvalue weighted by Crippen LogP contribution is -2.08. The average molecular weight is 314 g/mol. The minimum atomic E-state index is -0.307. The molecule has 0 spiro atoms. The molecule has 2 nitrogen and oxygen atoms in total. The Hall–Kier alpha value is -1.08. The van der Waals surface area contributed by atoms with E-state index in [1.54, 1.807) is 6.07 Å². The highest BCUT2D eigenvalue weighted by Crippen LogP contribution is 2.26. The number of halogens is 2. The molecule has 0 radical (unpaired) electrons. The SMILES string of the molecule is CC(C)(C#N)CCCCOc1cc(F)ccc1Br. The Morgan fingerprint density at radius 3 is 2.78 bits per heavy atom. The van der Waals surface area contributed by atoms with Gasteiger partial charge in [-0.1, -0.05) is 0 Å². The van der Waals surface area contributed by atoms with Gasteiger partial charge in [0.2, 0.25) is 0 Å². The monoisotopic (exact) mass is 313 g/mol. The zero-order valence-electron chi connectivity index (χ0n) is 10.7. The van der Waals surface area contributed by atoms with Crippen LogP contribution in [0.25, 0.3) is 0 Å². The maximum Gasteiger partial charge on any atom is 0.136 e. The van der Waals surface area contributed by atoms with Crippen LogP contribution in [0.3, 0.4) is 0 Å². The molecule has 18 heavy (non-hydrogen) atoms. The molecular weight excluding hydrogens is 297 g/mol. The van der Waals surface area contributed by atoms with Gasteiger partial charge in [0, 0.05) is 6.07 Å². The molecule has 0 aromatic heterocycles. The first-order chi connectivity index (χ1) is 8.44. The van der Waals surface area contributed by atoms with E-state index in [-0.39, 0.29) is 11.2 Å². The van der Waals surface area contributed by atoms with Gasteiger partial charge in [0.05, 0.1) is 22.6 Å². The molecule has 0 aliphatic heterocycles. The van der Waals surface area contributed by atoms with E-state index in [0.29, 0.717) is 12.4 Å². The fourth-order valence-corrected chi connectivity index (χ4v) is 1.86. The van der Waals surface area contributed by atoms with Crippen LogP contribution in [0.5, 0.6) is 5.75 Å². The largest absolute Gasteiger partial charge is 0.492 e. The number of rotatable bonds is 6. The molecule has 98 valence electrons. The minimum absolute atomic E-state index is 0.278. The Balaban J connectivity index is 2.30. The predicted octanol–water partition coefficient (Wildman–Crippen LogP) is 4.69. The Labute approximate surface area is 116 Å². The van der Waals surface area contributed by atoms with E-state index in [0.717, 1.165) is 23.7 Å². The van der Waals surface area contributed by atoms with Crippen LogP contribution in [0.4, 0.5) is 4.39 Å². The molecule has 0 aliphatic carbocycles. The lowest BCUT2D eigenvalue weighted by Gasteiger charge is -2.14. The fourth-order valence-electron chi connectivity index (χ4n) is 1.49. The second-order valence-electron chi connectivity index (χ2n) is 4.88. The zero-order chi connectivity index (χ0) is 13.6. The molecule has 0 aliphatic rings. The van der Waals surface area contributed by atoms with E-state index in [4.69, 9.17) is 10.00 Å². The Kier molecular flexibility index (Phi) is 5.61. The van der Waals surface area contributed by atoms with Gasteiger partial charge in [-0.25, -0.2) is 4.39 Å². The van der Waals surface area contributed by atoms with E-state index in [2.05, 4.69) is 22.0 Å². The Morgan fingerprint density at radius 2 is 2.11 bits per heavy atom. The van der Waals surface area contributed by atoms with Crippen molar-refractivity contribution in [2.45, 2.75) is 33.1 Å². The summed E-state index contributed by atoms with van der Waals surface area (Å²) in [6.45, 7) is 4.39. The number of nitrogens with zero attached hydrogens (tertiary/aromatic N) is 1. The molecule has 1 aromatic carbocycles. The number of benzene rings is 1. The van der Waals surface area contributed by atoms with Crippen LogP contribution in [0.1, 0.15) is 33.1 Å². The fraction of sp³-hybridized carbons (Fsp3) is 0.500. The molecule has 0 bridgehead atoms. The molecule has 0 saturated heterocycles. The van der Waals surface area contributed by atoms with Crippen molar-refractivity contribution < 1.29 is 9.13 Å². The van der Waals surface area contributed by atoms with Gasteiger partial charge in [-0.05, 0) is 61.2 Å². The van der Waals surface area contributed by atoms with Gasteiger partial charge in [0.1, 0.15) is 11.6 Å². The number of ether oxygens (including phenoxy) is 1. The summed E-state index contributed by atoms with van der Waals surface area (Å²) in [5, 5.41) is 8.87. The van der Waals surface area contributed by atoms with Gasteiger partial charge in [-0.3, -0.25) is 0 Å². The van der Waals surface area contributed by atoms with Gasteiger partial charge in [-0.15, -0.1) is 0 Å². The van der Waals surface area contributed by atoms with Crippen molar-refractivity contribution in [1.29, 1.82) is 5.26 Å². The Morgan fingerprint density at radius 1 is 1.39 bits per heavy atom. The molecule has 0 unspecified atom stereocenters. The van der Waals surface area contributed by atoms with E-state index < -0.39 is 0 Å². The summed E-state index contributed by atoms with van der Waals surface area (Å²) in [5.74, 6) is 0.216. The molecule has 0 amide bonds. The summed E-state index contributed by atoms with van der Waals surface area (Å²) in [7, 11) is 0. The van der Waals surface area contributed by atoms with Crippen molar-refractivity contribution in [2.24, 2.45) is 5.41 Å². The third-order valence-corrected chi connectivity index (χ3v) is 3.30. The van der Waals surface area contributed by atoms with Crippen molar-refractivity contribution in [3.8, 4) is 11.8 Å². The highest BCUT2D eigenvalue weighted by Gasteiger charge is 2.15. The van der Waals surface area contributed by atoms with E-state index in [9.17, 15) is 4.39 Å². The topological polar surface area (TPSA) is 33.0 Å². The second-order valence-corrected chi connectivity index (χ2v) is 5.73. The predicted molar refractivity (Wildman–Crippen MR) is 72.8 cm³/mol. The molecule has 0 atom stereocenters. The first kappa shape index (κ1) is 15.0. The number of unbranched alkanes of at least 4 members (excludes halogenated alkanes) is 1. The van der Waals surface area contributed by atoms with Crippen LogP contribution >= 0.6 is 15.9 Å². The third kappa shape index (κ3) is 5.05. The zero-order valence-corrected chi connectivity index (χ0v) is 12.3. The smallest absolute Gasteiger partial charge is 0.136 e. The molecule has 0 N–H and O–H groups in total. The quantitative estimate of drug-likeness (QED) is 0.714. The first-order valence-corrected chi connectivity index (χ1v) is 6.73. The van der Waals surface area contributed by atoms with Crippen molar-refractivity contribution >= 4 is 15.9 Å². The summed E-state index contributed by atoms with van der Waals surface area (Å²) in [6.07, 6.45) is 2.62. The molecule has 1 aromatic rings. The molecule has 0 saturated carbocycles. The standard InChI is InChI=1S/C14H17BrFNO/c1-14(2,10-17)7-3-4-8-18-13-9-11(16)5-6-12(13)15/h5-6,9H,3-4,7-8H2,1-2H3. The number of hydrogen-bond donors (Lipinski definition) is 0. The van der Waals surface area contributed by atoms with Crippen LogP contribution < -0.4 is 4.74 Å². The molecular formula is C14H17BrFNO. The van der Waals surface area contributed by atoms with Crippen molar-refractivity contribution in [1.82, 2.24) is 0 Å². The number of nitriles is 1. The van der Waals surface area contributed by atoms with Crippen LogP contribution in [0.15, 0.2) is 22.7 Å². The van der Waals surface area contributed by atoms with Gasteiger partial charge in [-0.2, -0.15) is 5.26 Å². The van der Waals surface area contributed by atoms with Gasteiger partial charge in [0.15, 0.2) is 0 Å². The Bertz CT molecular complexity index is 440. The van der Waals surface area contributed by atoms with Crippen LogP contribution in [-0.2, 0) is 0 Å². The summed E-state index contributed by atoms with van der Waals surface area (Å²) in [5.41, 5.74) is -0.278. The van der Waals surface area contributed by atoms with Crippen molar-refractivity contribution in [3.63, 3.8) is 0 Å². The summed E-state index contributed by atoms with van der Waals surface area (Å²) in [6, 6.07) is 6.64. The van der Waals surface area contributed by atoms with Crippen LogP contribution in [0, 0.1) is 22.6 Å². The van der Waals surface area contributed by atoms with Gasteiger partial charge in [0.25, 0.3) is 0 Å². The molecule has 1 rings (SSSR count). The molecule has 0 heterocycles. The van der Waals surface area contributed by atoms with Crippen molar-refractivity contribution in [2.75, 3.05) is 6.61 Å².